The molecule has 1 aliphatic heterocycles. The van der Waals surface area contributed by atoms with Gasteiger partial charge in [-0.1, -0.05) is 36.4 Å². The van der Waals surface area contributed by atoms with Crippen LogP contribution in [0.5, 0.6) is 0 Å². The van der Waals surface area contributed by atoms with E-state index in [0.29, 0.717) is 22.0 Å². The molecule has 0 saturated carbocycles. The van der Waals surface area contributed by atoms with Crippen molar-refractivity contribution >= 4 is 41.2 Å². The Morgan fingerprint density at radius 3 is 2.25 bits per heavy atom. The van der Waals surface area contributed by atoms with E-state index in [0.717, 1.165) is 0 Å². The number of carbonyl (C=O) groups is 3. The molecule has 40 heavy (non-hydrogen) atoms. The van der Waals surface area contributed by atoms with E-state index in [1.807, 2.05) is 0 Å². The fourth-order valence-corrected chi connectivity index (χ4v) is 4.31. The van der Waals surface area contributed by atoms with Crippen LogP contribution in [-0.2, 0) is 4.79 Å². The lowest BCUT2D eigenvalue weighted by Crippen LogP contribution is -2.58. The average Bonchev–Trinajstić information content (AvgIpc) is 3.14. The first-order valence-corrected chi connectivity index (χ1v) is 12.2. The Bertz CT molecular complexity index is 1410. The smallest absolute Gasteiger partial charge is 0.306 e. The second-order valence-corrected chi connectivity index (χ2v) is 9.38. The minimum absolute atomic E-state index is 0.0798. The molecule has 1 saturated heterocycles. The highest BCUT2D eigenvalue weighted by atomic mass is 16.6. The lowest BCUT2D eigenvalue weighted by atomic mass is 9.99. The highest BCUT2D eigenvalue weighted by molar-refractivity contribution is 6.00. The topological polar surface area (TPSA) is 161 Å². The minimum atomic E-state index is -1.24. The zero-order chi connectivity index (χ0) is 28.9. The van der Waals surface area contributed by atoms with Crippen molar-refractivity contribution < 1.29 is 24.5 Å². The molecule has 0 aliphatic carbocycles. The fourth-order valence-electron chi connectivity index (χ4n) is 4.31. The van der Waals surface area contributed by atoms with E-state index in [-0.39, 0.29) is 5.69 Å². The normalized spacial score (nSPS) is 16.2. The van der Waals surface area contributed by atoms with Crippen molar-refractivity contribution in [1.29, 1.82) is 0 Å². The van der Waals surface area contributed by atoms with Crippen molar-refractivity contribution in [3.63, 3.8) is 0 Å². The second kappa shape index (κ2) is 11.6. The first-order chi connectivity index (χ1) is 19.1. The van der Waals surface area contributed by atoms with Crippen molar-refractivity contribution in [2.75, 3.05) is 16.8 Å². The van der Waals surface area contributed by atoms with Gasteiger partial charge in [0.1, 0.15) is 6.54 Å². The Morgan fingerprint density at radius 1 is 1.05 bits per heavy atom. The van der Waals surface area contributed by atoms with Crippen molar-refractivity contribution in [3.05, 3.63) is 101 Å². The van der Waals surface area contributed by atoms with Crippen molar-refractivity contribution in [1.82, 2.24) is 15.4 Å². The summed E-state index contributed by atoms with van der Waals surface area (Å²) >= 11 is 0. The zero-order valence-corrected chi connectivity index (χ0v) is 21.7. The summed E-state index contributed by atoms with van der Waals surface area (Å²) < 4.78 is 0. The number of carbonyl (C=O) groups excluding carboxylic acids is 3. The predicted octanol–water partition coefficient (Wildman–Crippen LogP) is 4.02. The maximum absolute atomic E-state index is 13.6. The van der Waals surface area contributed by atoms with E-state index in [1.165, 1.54) is 40.3 Å². The zero-order valence-electron chi connectivity index (χ0n) is 21.7. The quantitative estimate of drug-likeness (QED) is 0.168. The highest BCUT2D eigenvalue weighted by Gasteiger charge is 2.56. The van der Waals surface area contributed by atoms with E-state index < -0.39 is 41.1 Å². The summed E-state index contributed by atoms with van der Waals surface area (Å²) in [5, 5.41) is 28.8. The van der Waals surface area contributed by atoms with E-state index >= 15 is 0 Å². The number of rotatable bonds is 8. The summed E-state index contributed by atoms with van der Waals surface area (Å²) in [4.78, 5) is 52.2. The molecule has 5 amide bonds. The van der Waals surface area contributed by atoms with Gasteiger partial charge in [-0.15, -0.1) is 0 Å². The van der Waals surface area contributed by atoms with Crippen LogP contribution < -0.4 is 15.6 Å². The van der Waals surface area contributed by atoms with Gasteiger partial charge in [0.05, 0.1) is 16.7 Å². The molecule has 0 radical (unpaired) electrons. The number of amides is 5. The van der Waals surface area contributed by atoms with Gasteiger partial charge in [-0.05, 0) is 55.8 Å². The van der Waals surface area contributed by atoms with Crippen molar-refractivity contribution in [2.45, 2.75) is 25.6 Å². The third-order valence-corrected chi connectivity index (χ3v) is 6.32. The number of urea groups is 2. The molecular formula is C27H27N7O6. The first-order valence-electron chi connectivity index (χ1n) is 12.2. The van der Waals surface area contributed by atoms with Gasteiger partial charge in [0.15, 0.2) is 6.17 Å². The molecule has 1 heterocycles. The largest absolute Gasteiger partial charge is 0.347 e. The molecular weight excluding hydrogens is 518 g/mol. The van der Waals surface area contributed by atoms with Crippen LogP contribution in [0.1, 0.15) is 19.4 Å². The van der Waals surface area contributed by atoms with Crippen LogP contribution in [0.15, 0.2) is 90.0 Å². The van der Waals surface area contributed by atoms with Crippen LogP contribution in [0.25, 0.3) is 0 Å². The molecule has 1 atom stereocenters. The average molecular weight is 546 g/mol. The highest BCUT2D eigenvalue weighted by Crippen LogP contribution is 2.37. The molecule has 3 N–H and O–H groups in total. The van der Waals surface area contributed by atoms with Crippen LogP contribution in [0, 0.1) is 10.1 Å². The van der Waals surface area contributed by atoms with Gasteiger partial charge in [0.2, 0.25) is 0 Å². The van der Waals surface area contributed by atoms with Crippen LogP contribution in [0.4, 0.5) is 26.7 Å². The standard InChI is InChI=1S/C27H27N7O6/c1-27(2)24(33(38)25(36)29-20-9-5-3-6-10-20)32(21-11-7-4-8-12-21)26(37)31(27)18-23(35)30-28-17-19-13-15-22(16-14-19)34(39)40/h3-17,24,38H,18H2,1-2H3,(H,29,36)(H,30,35). The molecule has 0 spiro atoms. The number of hydroxylamine groups is 2. The number of anilines is 2. The summed E-state index contributed by atoms with van der Waals surface area (Å²) in [5.41, 5.74) is 2.39. The lowest BCUT2D eigenvalue weighted by molar-refractivity contribution is -0.384. The first kappa shape index (κ1) is 27.7. The Labute approximate surface area is 229 Å². The van der Waals surface area contributed by atoms with E-state index in [2.05, 4.69) is 15.8 Å². The maximum atomic E-state index is 13.6. The molecule has 13 heteroatoms. The SMILES string of the molecule is CC1(C)C(N(O)C(=O)Nc2ccccc2)N(c2ccccc2)C(=O)N1CC(=O)NN=Cc1ccc([N+](=O)[O-])cc1. The Hall–Kier alpha value is -5.30. The lowest BCUT2D eigenvalue weighted by Gasteiger charge is -2.38. The van der Waals surface area contributed by atoms with Gasteiger partial charge >= 0.3 is 12.1 Å². The molecule has 4 rings (SSSR count). The van der Waals surface area contributed by atoms with Gasteiger partial charge in [-0.25, -0.2) is 15.0 Å². The molecule has 1 aliphatic rings. The number of nitro groups is 1. The summed E-state index contributed by atoms with van der Waals surface area (Å²) in [5.74, 6) is -0.633. The van der Waals surface area contributed by atoms with Gasteiger partial charge in [0.25, 0.3) is 11.6 Å². The van der Waals surface area contributed by atoms with Crippen molar-refractivity contribution in [2.24, 2.45) is 5.10 Å². The summed E-state index contributed by atoms with van der Waals surface area (Å²) in [6, 6.07) is 21.1. The number of hydrogen-bond acceptors (Lipinski definition) is 7. The number of benzene rings is 3. The van der Waals surface area contributed by atoms with Gasteiger partial charge < -0.3 is 10.2 Å². The van der Waals surface area contributed by atoms with Crippen LogP contribution in [0.2, 0.25) is 0 Å². The van der Waals surface area contributed by atoms with Gasteiger partial charge in [-0.2, -0.15) is 10.2 Å². The molecule has 3 aromatic carbocycles. The second-order valence-electron chi connectivity index (χ2n) is 9.38. The van der Waals surface area contributed by atoms with Crippen LogP contribution in [-0.4, -0.2) is 62.5 Å². The predicted molar refractivity (Wildman–Crippen MR) is 147 cm³/mol. The number of nitrogens with zero attached hydrogens (tertiary/aromatic N) is 5. The number of hydrogen-bond donors (Lipinski definition) is 3. The summed E-state index contributed by atoms with van der Waals surface area (Å²) in [6.45, 7) is 2.83. The number of non-ortho nitro benzene ring substituents is 1. The molecule has 1 unspecified atom stereocenters. The summed E-state index contributed by atoms with van der Waals surface area (Å²) in [6.07, 6.45) is 0.101. The molecule has 0 bridgehead atoms. The van der Waals surface area contributed by atoms with E-state index in [9.17, 15) is 29.7 Å². The maximum Gasteiger partial charge on any atom is 0.347 e. The Morgan fingerprint density at radius 2 is 1.65 bits per heavy atom. The number of hydrazone groups is 1. The third-order valence-electron chi connectivity index (χ3n) is 6.32. The molecule has 0 aromatic heterocycles. The molecule has 1 fully saturated rings. The molecule has 3 aromatic rings. The number of para-hydroxylation sites is 2. The molecule has 13 nitrogen and oxygen atoms in total. The summed E-state index contributed by atoms with van der Waals surface area (Å²) in [7, 11) is 0. The number of nitro benzene ring substituents is 1. The van der Waals surface area contributed by atoms with Gasteiger partial charge in [-0.3, -0.25) is 25.0 Å². The Balaban J connectivity index is 1.53. The van der Waals surface area contributed by atoms with Crippen LogP contribution in [0.3, 0.4) is 0 Å². The fraction of sp³-hybridized carbons (Fsp3) is 0.185. The van der Waals surface area contributed by atoms with Gasteiger partial charge in [0, 0.05) is 23.5 Å². The van der Waals surface area contributed by atoms with E-state index in [4.69, 9.17) is 0 Å². The molecule has 206 valence electrons. The van der Waals surface area contributed by atoms with Crippen molar-refractivity contribution in [3.8, 4) is 0 Å². The van der Waals surface area contributed by atoms with Crippen LogP contribution >= 0.6 is 0 Å². The number of nitrogens with one attached hydrogen (secondary N) is 2. The third kappa shape index (κ3) is 5.89. The van der Waals surface area contributed by atoms with E-state index in [1.54, 1.807) is 74.5 Å². The minimum Gasteiger partial charge on any atom is -0.306 e. The monoisotopic (exact) mass is 545 g/mol. The Kier molecular flexibility index (Phi) is 8.05.